The maximum Gasteiger partial charge on any atom is 0.307 e. The maximum atomic E-state index is 12.2. The van der Waals surface area contributed by atoms with Gasteiger partial charge in [-0.3, -0.25) is 19.3 Å². The Morgan fingerprint density at radius 3 is 2.12 bits per heavy atom. The third-order valence-corrected chi connectivity index (χ3v) is 3.98. The van der Waals surface area contributed by atoms with Crippen molar-refractivity contribution >= 4 is 17.8 Å². The lowest BCUT2D eigenvalue weighted by Crippen LogP contribution is -2.32. The molecule has 2 aromatic carbocycles. The summed E-state index contributed by atoms with van der Waals surface area (Å²) in [5.41, 5.74) is 1.58. The fraction of sp³-hybridized carbons (Fsp3) is 0.211. The molecule has 0 atom stereocenters. The maximum absolute atomic E-state index is 12.2. The molecule has 0 spiro atoms. The van der Waals surface area contributed by atoms with E-state index in [4.69, 9.17) is 9.47 Å². The van der Waals surface area contributed by atoms with Crippen LogP contribution in [0.2, 0.25) is 0 Å². The summed E-state index contributed by atoms with van der Waals surface area (Å²) in [5.74, 6) is -0.486. The van der Waals surface area contributed by atoms with Crippen molar-refractivity contribution in [1.82, 2.24) is 4.90 Å². The third-order valence-electron chi connectivity index (χ3n) is 3.98. The molecular weight excluding hydrogens is 322 g/mol. The van der Waals surface area contributed by atoms with E-state index >= 15 is 0 Å². The monoisotopic (exact) mass is 339 g/mol. The first-order valence-electron chi connectivity index (χ1n) is 7.84. The van der Waals surface area contributed by atoms with E-state index in [-0.39, 0.29) is 31.4 Å². The Labute approximate surface area is 145 Å². The van der Waals surface area contributed by atoms with Gasteiger partial charge in [-0.1, -0.05) is 24.3 Å². The first-order valence-corrected chi connectivity index (χ1v) is 7.84. The number of methoxy groups -OCH3 is 1. The van der Waals surface area contributed by atoms with Crippen molar-refractivity contribution in [3.63, 3.8) is 0 Å². The second-order valence-corrected chi connectivity index (χ2v) is 5.57. The summed E-state index contributed by atoms with van der Waals surface area (Å²) in [6.45, 7) is 0.138. The van der Waals surface area contributed by atoms with Crippen LogP contribution >= 0.6 is 0 Å². The van der Waals surface area contributed by atoms with E-state index in [9.17, 15) is 14.4 Å². The summed E-state index contributed by atoms with van der Waals surface area (Å²) < 4.78 is 10.2. The highest BCUT2D eigenvalue weighted by Crippen LogP contribution is 2.22. The van der Waals surface area contributed by atoms with Crippen LogP contribution in [0, 0.1) is 0 Å². The predicted molar refractivity (Wildman–Crippen MR) is 89.2 cm³/mol. The van der Waals surface area contributed by atoms with Crippen molar-refractivity contribution in [1.29, 1.82) is 0 Å². The summed E-state index contributed by atoms with van der Waals surface area (Å²) in [5, 5.41) is 0. The average Bonchev–Trinajstić information content (AvgIpc) is 2.89. The zero-order chi connectivity index (χ0) is 17.8. The van der Waals surface area contributed by atoms with Crippen molar-refractivity contribution in [3.8, 4) is 5.75 Å². The van der Waals surface area contributed by atoms with E-state index in [1.165, 1.54) is 0 Å². The Kier molecular flexibility index (Phi) is 4.79. The SMILES string of the molecule is COc1ccc(COC(=O)CCN2C(=O)c3ccccc3C2=O)cc1. The molecule has 6 nitrogen and oxygen atoms in total. The molecular formula is C19H17NO5. The van der Waals surface area contributed by atoms with Gasteiger partial charge >= 0.3 is 5.97 Å². The Balaban J connectivity index is 1.51. The van der Waals surface area contributed by atoms with E-state index in [1.54, 1.807) is 55.6 Å². The summed E-state index contributed by atoms with van der Waals surface area (Å²) >= 11 is 0. The molecule has 0 aliphatic carbocycles. The van der Waals surface area contributed by atoms with Crippen LogP contribution < -0.4 is 4.74 Å². The lowest BCUT2D eigenvalue weighted by Gasteiger charge is -2.13. The smallest absolute Gasteiger partial charge is 0.307 e. The van der Waals surface area contributed by atoms with Crippen molar-refractivity contribution < 1.29 is 23.9 Å². The largest absolute Gasteiger partial charge is 0.497 e. The number of ether oxygens (including phenoxy) is 2. The Morgan fingerprint density at radius 2 is 1.56 bits per heavy atom. The van der Waals surface area contributed by atoms with Crippen LogP contribution in [0.15, 0.2) is 48.5 Å². The average molecular weight is 339 g/mol. The molecule has 1 aliphatic heterocycles. The predicted octanol–water partition coefficient (Wildman–Crippen LogP) is 2.42. The first-order chi connectivity index (χ1) is 12.1. The second-order valence-electron chi connectivity index (χ2n) is 5.57. The topological polar surface area (TPSA) is 72.9 Å². The summed E-state index contributed by atoms with van der Waals surface area (Å²) in [7, 11) is 1.58. The zero-order valence-corrected chi connectivity index (χ0v) is 13.7. The Bertz CT molecular complexity index is 778. The molecule has 1 heterocycles. The van der Waals surface area contributed by atoms with Gasteiger partial charge in [0.15, 0.2) is 0 Å². The van der Waals surface area contributed by atoms with Crippen LogP contribution in [0.5, 0.6) is 5.75 Å². The molecule has 3 rings (SSSR count). The standard InChI is InChI=1S/C19H17NO5/c1-24-14-8-6-13(7-9-14)12-25-17(21)10-11-20-18(22)15-4-2-3-5-16(15)19(20)23/h2-9H,10-12H2,1H3. The highest BCUT2D eigenvalue weighted by Gasteiger charge is 2.35. The van der Waals surface area contributed by atoms with E-state index in [0.717, 1.165) is 16.2 Å². The van der Waals surface area contributed by atoms with Crippen molar-refractivity contribution in [3.05, 3.63) is 65.2 Å². The van der Waals surface area contributed by atoms with E-state index in [2.05, 4.69) is 0 Å². The molecule has 1 aliphatic rings. The third kappa shape index (κ3) is 3.52. The van der Waals surface area contributed by atoms with Gasteiger partial charge in [-0.05, 0) is 29.8 Å². The molecule has 0 saturated carbocycles. The number of nitrogens with zero attached hydrogens (tertiary/aromatic N) is 1. The minimum atomic E-state index is -0.465. The van der Waals surface area contributed by atoms with Crippen LogP contribution in [0.4, 0.5) is 0 Å². The Hall–Kier alpha value is -3.15. The van der Waals surface area contributed by atoms with Gasteiger partial charge in [0.1, 0.15) is 12.4 Å². The number of benzene rings is 2. The quantitative estimate of drug-likeness (QED) is 0.597. The van der Waals surface area contributed by atoms with Gasteiger partial charge in [-0.15, -0.1) is 0 Å². The summed E-state index contributed by atoms with van der Waals surface area (Å²) in [6, 6.07) is 13.8. The number of imide groups is 1. The molecule has 0 radical (unpaired) electrons. The molecule has 0 aromatic heterocycles. The van der Waals surface area contributed by atoms with Crippen LogP contribution in [0.25, 0.3) is 0 Å². The molecule has 0 unspecified atom stereocenters. The highest BCUT2D eigenvalue weighted by atomic mass is 16.5. The van der Waals surface area contributed by atoms with E-state index in [0.29, 0.717) is 11.1 Å². The second kappa shape index (κ2) is 7.17. The Morgan fingerprint density at radius 1 is 0.960 bits per heavy atom. The number of carbonyl (C=O) groups is 3. The minimum absolute atomic E-state index is 0.00773. The minimum Gasteiger partial charge on any atom is -0.497 e. The van der Waals surface area contributed by atoms with Crippen LogP contribution in [-0.2, 0) is 16.1 Å². The number of rotatable bonds is 6. The van der Waals surface area contributed by atoms with Gasteiger partial charge in [-0.25, -0.2) is 0 Å². The summed E-state index contributed by atoms with van der Waals surface area (Å²) in [4.78, 5) is 37.4. The molecule has 0 N–H and O–H groups in total. The molecule has 0 saturated heterocycles. The lowest BCUT2D eigenvalue weighted by atomic mass is 10.1. The molecule has 25 heavy (non-hydrogen) atoms. The highest BCUT2D eigenvalue weighted by molar-refractivity contribution is 6.21. The van der Waals surface area contributed by atoms with Crippen LogP contribution in [-0.4, -0.2) is 36.3 Å². The molecule has 0 bridgehead atoms. The number of amides is 2. The molecule has 0 fully saturated rings. The molecule has 2 aromatic rings. The molecule has 128 valence electrons. The number of fused-ring (bicyclic) bond motifs is 1. The lowest BCUT2D eigenvalue weighted by molar-refractivity contribution is -0.145. The number of carbonyl (C=O) groups excluding carboxylic acids is 3. The van der Waals surface area contributed by atoms with Gasteiger partial charge in [0.05, 0.1) is 24.7 Å². The van der Waals surface area contributed by atoms with Crippen LogP contribution in [0.3, 0.4) is 0 Å². The number of esters is 1. The summed E-state index contributed by atoms with van der Waals surface area (Å²) in [6.07, 6.45) is -0.0401. The normalized spacial score (nSPS) is 12.9. The molecule has 2 amide bonds. The van der Waals surface area contributed by atoms with Crippen LogP contribution in [0.1, 0.15) is 32.7 Å². The van der Waals surface area contributed by atoms with Gasteiger partial charge in [0.2, 0.25) is 0 Å². The van der Waals surface area contributed by atoms with E-state index in [1.807, 2.05) is 0 Å². The van der Waals surface area contributed by atoms with Gasteiger partial charge in [0, 0.05) is 6.54 Å². The first kappa shape index (κ1) is 16.7. The van der Waals surface area contributed by atoms with Gasteiger partial charge in [-0.2, -0.15) is 0 Å². The number of hydrogen-bond acceptors (Lipinski definition) is 5. The van der Waals surface area contributed by atoms with Crippen molar-refractivity contribution in [2.75, 3.05) is 13.7 Å². The number of hydrogen-bond donors (Lipinski definition) is 0. The van der Waals surface area contributed by atoms with Gasteiger partial charge < -0.3 is 9.47 Å². The fourth-order valence-corrected chi connectivity index (χ4v) is 2.60. The van der Waals surface area contributed by atoms with Gasteiger partial charge in [0.25, 0.3) is 11.8 Å². The van der Waals surface area contributed by atoms with Crippen molar-refractivity contribution in [2.24, 2.45) is 0 Å². The van der Waals surface area contributed by atoms with E-state index < -0.39 is 5.97 Å². The van der Waals surface area contributed by atoms with Crippen molar-refractivity contribution in [2.45, 2.75) is 13.0 Å². The zero-order valence-electron chi connectivity index (χ0n) is 13.7. The fourth-order valence-electron chi connectivity index (χ4n) is 2.60. The molecule has 6 heteroatoms.